The predicted octanol–water partition coefficient (Wildman–Crippen LogP) is 3.27. The van der Waals surface area contributed by atoms with Gasteiger partial charge in [0.15, 0.2) is 0 Å². The van der Waals surface area contributed by atoms with Crippen LogP contribution in [-0.4, -0.2) is 26.2 Å². The first-order chi connectivity index (χ1) is 8.72. The minimum atomic E-state index is 0.716. The minimum Gasteiger partial charge on any atom is -0.368 e. The maximum absolute atomic E-state index is 3.28. The van der Waals surface area contributed by atoms with E-state index in [0.29, 0.717) is 6.04 Å². The molecule has 0 saturated carbocycles. The molecule has 2 nitrogen and oxygen atoms in total. The van der Waals surface area contributed by atoms with Crippen LogP contribution in [0.15, 0.2) is 18.2 Å². The van der Waals surface area contributed by atoms with Crippen LogP contribution >= 0.6 is 0 Å². The van der Waals surface area contributed by atoms with Crippen LogP contribution < -0.4 is 10.2 Å². The van der Waals surface area contributed by atoms with Crippen molar-refractivity contribution in [3.63, 3.8) is 0 Å². The average molecular weight is 246 g/mol. The maximum atomic E-state index is 3.28. The molecule has 1 unspecified atom stereocenters. The van der Waals surface area contributed by atoms with E-state index in [9.17, 15) is 0 Å². The van der Waals surface area contributed by atoms with E-state index in [-0.39, 0.29) is 0 Å². The number of hydrogen-bond acceptors (Lipinski definition) is 2. The molecular weight excluding hydrogens is 220 g/mol. The van der Waals surface area contributed by atoms with Crippen LogP contribution in [0.25, 0.3) is 0 Å². The van der Waals surface area contributed by atoms with Crippen LogP contribution in [0.5, 0.6) is 0 Å². The lowest BCUT2D eigenvalue weighted by Gasteiger charge is -2.38. The zero-order valence-corrected chi connectivity index (χ0v) is 12.0. The Kier molecular flexibility index (Phi) is 4.65. The topological polar surface area (TPSA) is 15.3 Å². The van der Waals surface area contributed by atoms with E-state index in [1.54, 1.807) is 0 Å². The van der Waals surface area contributed by atoms with Crippen molar-refractivity contribution in [3.05, 3.63) is 29.3 Å². The second-order valence-corrected chi connectivity index (χ2v) is 5.50. The molecule has 18 heavy (non-hydrogen) atoms. The van der Waals surface area contributed by atoms with E-state index in [0.717, 1.165) is 6.54 Å². The summed E-state index contributed by atoms with van der Waals surface area (Å²) in [7, 11) is 2.04. The van der Waals surface area contributed by atoms with Gasteiger partial charge >= 0.3 is 0 Å². The molecule has 0 aromatic heterocycles. The quantitative estimate of drug-likeness (QED) is 0.877. The molecule has 1 saturated heterocycles. The average Bonchev–Trinajstić information content (AvgIpc) is 2.40. The lowest BCUT2D eigenvalue weighted by atomic mass is 9.97. The molecule has 0 radical (unpaired) electrons. The predicted molar refractivity (Wildman–Crippen MR) is 79.4 cm³/mol. The van der Waals surface area contributed by atoms with Gasteiger partial charge in [0.05, 0.1) is 0 Å². The van der Waals surface area contributed by atoms with Gasteiger partial charge in [-0.1, -0.05) is 6.07 Å². The largest absolute Gasteiger partial charge is 0.368 e. The minimum absolute atomic E-state index is 0.716. The molecule has 1 atom stereocenters. The lowest BCUT2D eigenvalue weighted by molar-refractivity contribution is 0.433. The van der Waals surface area contributed by atoms with Gasteiger partial charge in [-0.3, -0.25) is 0 Å². The summed E-state index contributed by atoms with van der Waals surface area (Å²) in [5, 5.41) is 3.28. The van der Waals surface area contributed by atoms with E-state index in [1.165, 1.54) is 49.0 Å². The number of aryl methyl sites for hydroxylation is 2. The summed E-state index contributed by atoms with van der Waals surface area (Å²) < 4.78 is 0. The van der Waals surface area contributed by atoms with Crippen molar-refractivity contribution >= 4 is 5.69 Å². The molecule has 1 aromatic rings. The molecule has 1 aromatic carbocycles. The Morgan fingerprint density at radius 3 is 2.78 bits per heavy atom. The summed E-state index contributed by atoms with van der Waals surface area (Å²) in [5.74, 6) is 0. The first kappa shape index (κ1) is 13.4. The summed E-state index contributed by atoms with van der Waals surface area (Å²) in [4.78, 5) is 2.62. The summed E-state index contributed by atoms with van der Waals surface area (Å²) in [6.07, 6.45) is 5.32. The number of hydrogen-bond donors (Lipinski definition) is 1. The van der Waals surface area contributed by atoms with Gasteiger partial charge in [0.1, 0.15) is 0 Å². The Labute approximate surface area is 111 Å². The Morgan fingerprint density at radius 2 is 2.06 bits per heavy atom. The van der Waals surface area contributed by atoms with Crippen LogP contribution in [-0.2, 0) is 0 Å². The molecule has 2 rings (SSSR count). The molecule has 0 spiro atoms. The van der Waals surface area contributed by atoms with E-state index >= 15 is 0 Å². The van der Waals surface area contributed by atoms with Crippen molar-refractivity contribution in [2.45, 2.75) is 45.6 Å². The molecule has 1 aliphatic heterocycles. The van der Waals surface area contributed by atoms with Gasteiger partial charge in [-0.05, 0) is 76.4 Å². The normalized spacial score (nSPS) is 20.2. The maximum Gasteiger partial charge on any atom is 0.0371 e. The third-order valence-electron chi connectivity index (χ3n) is 4.18. The van der Waals surface area contributed by atoms with Gasteiger partial charge in [-0.2, -0.15) is 0 Å². The highest BCUT2D eigenvalue weighted by atomic mass is 15.2. The van der Waals surface area contributed by atoms with Crippen LogP contribution in [0.2, 0.25) is 0 Å². The zero-order valence-electron chi connectivity index (χ0n) is 12.0. The third-order valence-corrected chi connectivity index (χ3v) is 4.18. The SMILES string of the molecule is CNCCC1CCCCN1c1ccc(C)c(C)c1. The van der Waals surface area contributed by atoms with Gasteiger partial charge in [0, 0.05) is 18.3 Å². The van der Waals surface area contributed by atoms with Gasteiger partial charge in [0.2, 0.25) is 0 Å². The molecule has 1 heterocycles. The molecule has 0 aliphatic carbocycles. The van der Waals surface area contributed by atoms with E-state index in [1.807, 2.05) is 7.05 Å². The zero-order chi connectivity index (χ0) is 13.0. The van der Waals surface area contributed by atoms with E-state index < -0.39 is 0 Å². The fraction of sp³-hybridized carbons (Fsp3) is 0.625. The molecule has 1 N–H and O–H groups in total. The Bertz CT molecular complexity index is 387. The Hall–Kier alpha value is -1.02. The van der Waals surface area contributed by atoms with Crippen molar-refractivity contribution in [1.29, 1.82) is 0 Å². The monoisotopic (exact) mass is 246 g/mol. The number of benzene rings is 1. The number of nitrogens with zero attached hydrogens (tertiary/aromatic N) is 1. The summed E-state index contributed by atoms with van der Waals surface area (Å²) in [6, 6.07) is 7.62. The molecule has 1 aliphatic rings. The fourth-order valence-electron chi connectivity index (χ4n) is 2.86. The summed E-state index contributed by atoms with van der Waals surface area (Å²) in [6.45, 7) is 6.74. The molecule has 2 heteroatoms. The summed E-state index contributed by atoms with van der Waals surface area (Å²) >= 11 is 0. The van der Waals surface area contributed by atoms with Crippen LogP contribution in [0.4, 0.5) is 5.69 Å². The van der Waals surface area contributed by atoms with Crippen LogP contribution in [0, 0.1) is 13.8 Å². The fourth-order valence-corrected chi connectivity index (χ4v) is 2.86. The number of rotatable bonds is 4. The van der Waals surface area contributed by atoms with Crippen molar-refractivity contribution in [2.75, 3.05) is 25.0 Å². The van der Waals surface area contributed by atoms with Crippen molar-refractivity contribution < 1.29 is 0 Å². The van der Waals surface area contributed by atoms with Crippen molar-refractivity contribution in [2.24, 2.45) is 0 Å². The smallest absolute Gasteiger partial charge is 0.0371 e. The Balaban J connectivity index is 2.14. The van der Waals surface area contributed by atoms with Gasteiger partial charge < -0.3 is 10.2 Å². The molecule has 1 fully saturated rings. The van der Waals surface area contributed by atoms with Crippen molar-refractivity contribution in [3.8, 4) is 0 Å². The van der Waals surface area contributed by atoms with E-state index in [4.69, 9.17) is 0 Å². The second kappa shape index (κ2) is 6.24. The molecule has 0 amide bonds. The highest BCUT2D eigenvalue weighted by molar-refractivity contribution is 5.51. The van der Waals surface area contributed by atoms with Gasteiger partial charge in [-0.25, -0.2) is 0 Å². The van der Waals surface area contributed by atoms with Crippen LogP contribution in [0.1, 0.15) is 36.8 Å². The number of anilines is 1. The highest BCUT2D eigenvalue weighted by Crippen LogP contribution is 2.27. The molecular formula is C16H26N2. The van der Waals surface area contributed by atoms with E-state index in [2.05, 4.69) is 42.3 Å². The van der Waals surface area contributed by atoms with Crippen LogP contribution in [0.3, 0.4) is 0 Å². The number of piperidine rings is 1. The first-order valence-electron chi connectivity index (χ1n) is 7.21. The standard InChI is InChI=1S/C16H26N2/c1-13-7-8-16(12-14(13)2)18-11-5-4-6-15(18)9-10-17-3/h7-8,12,15,17H,4-6,9-11H2,1-3H3. The van der Waals surface area contributed by atoms with Gasteiger partial charge in [0.25, 0.3) is 0 Å². The van der Waals surface area contributed by atoms with Gasteiger partial charge in [-0.15, -0.1) is 0 Å². The lowest BCUT2D eigenvalue weighted by Crippen LogP contribution is -2.41. The molecule has 0 bridgehead atoms. The second-order valence-electron chi connectivity index (χ2n) is 5.50. The molecule has 100 valence electrons. The third kappa shape index (κ3) is 3.05. The Morgan fingerprint density at radius 1 is 1.22 bits per heavy atom. The highest BCUT2D eigenvalue weighted by Gasteiger charge is 2.22. The summed E-state index contributed by atoms with van der Waals surface area (Å²) in [5.41, 5.74) is 4.21. The van der Waals surface area contributed by atoms with Crippen molar-refractivity contribution in [1.82, 2.24) is 5.32 Å². The first-order valence-corrected chi connectivity index (χ1v) is 7.21. The number of nitrogens with one attached hydrogen (secondary N) is 1.